The number of hydrogen-bond donors (Lipinski definition) is 1. The highest BCUT2D eigenvalue weighted by molar-refractivity contribution is 6.72. The van der Waals surface area contributed by atoms with Crippen LogP contribution < -0.4 is 9.92 Å². The number of hydrogen-bond acceptors (Lipinski definition) is 3. The van der Waals surface area contributed by atoms with Crippen LogP contribution in [0.3, 0.4) is 0 Å². The van der Waals surface area contributed by atoms with E-state index in [0.29, 0.717) is 11.7 Å². The second-order valence-corrected chi connectivity index (χ2v) is 8.20. The van der Waals surface area contributed by atoms with Gasteiger partial charge in [-0.15, -0.1) is 0 Å². The Hall–Kier alpha value is -1.88. The fraction of sp³-hybridized carbons (Fsp3) is 0.375. The van der Waals surface area contributed by atoms with Crippen LogP contribution in [-0.4, -0.2) is 25.8 Å². The smallest absolute Gasteiger partial charge is 0.336 e. The quantitative estimate of drug-likeness (QED) is 0.379. The lowest BCUT2D eigenvalue weighted by Gasteiger charge is -2.20. The van der Waals surface area contributed by atoms with E-state index in [-0.39, 0.29) is 0 Å². The van der Waals surface area contributed by atoms with E-state index in [1.807, 2.05) is 6.07 Å². The van der Waals surface area contributed by atoms with E-state index < -0.39 is 20.7 Å². The van der Waals surface area contributed by atoms with Gasteiger partial charge < -0.3 is 9.84 Å². The molecule has 0 spiro atoms. The Morgan fingerprint density at radius 2 is 2.00 bits per heavy atom. The topological polar surface area (TPSA) is 63.6 Å². The van der Waals surface area contributed by atoms with E-state index in [1.54, 1.807) is 6.07 Å². The van der Waals surface area contributed by atoms with Crippen molar-refractivity contribution in [3.05, 3.63) is 35.9 Å². The summed E-state index contributed by atoms with van der Waals surface area (Å²) in [6.07, 6.45) is 2.74. The highest BCUT2D eigenvalue weighted by atomic mass is 28.3. The molecule has 1 rings (SSSR count). The monoisotopic (exact) mass is 306 g/mol. The number of carboxylic acids is 1. The molecule has 0 saturated heterocycles. The van der Waals surface area contributed by atoms with E-state index in [0.717, 1.165) is 23.8 Å². The standard InChI is InChI=1S/C16H22O4Si/c1-5-11(2)12-7-6-8-13(16(12)21(3)4)20-15(19)10-9-14(17)18/h6-11,21H,5H2,1-4H3,(H,17,18)/b10-9-. The van der Waals surface area contributed by atoms with Crippen LogP contribution >= 0.6 is 0 Å². The summed E-state index contributed by atoms with van der Waals surface area (Å²) >= 11 is 0. The molecule has 21 heavy (non-hydrogen) atoms. The number of ether oxygens (including phenoxy) is 1. The van der Waals surface area contributed by atoms with Gasteiger partial charge in [-0.3, -0.25) is 0 Å². The predicted octanol–water partition coefficient (Wildman–Crippen LogP) is 2.44. The Morgan fingerprint density at radius 1 is 1.33 bits per heavy atom. The molecule has 0 bridgehead atoms. The van der Waals surface area contributed by atoms with Crippen molar-refractivity contribution in [1.82, 2.24) is 0 Å². The van der Waals surface area contributed by atoms with Crippen molar-refractivity contribution in [3.8, 4) is 5.75 Å². The van der Waals surface area contributed by atoms with Gasteiger partial charge >= 0.3 is 11.9 Å². The maximum Gasteiger partial charge on any atom is 0.336 e. The Kier molecular flexibility index (Phi) is 6.36. The van der Waals surface area contributed by atoms with Crippen LogP contribution in [-0.2, 0) is 9.59 Å². The second-order valence-electron chi connectivity index (χ2n) is 5.32. The van der Waals surface area contributed by atoms with Crippen molar-refractivity contribution in [2.45, 2.75) is 39.3 Å². The van der Waals surface area contributed by atoms with Gasteiger partial charge in [-0.2, -0.15) is 0 Å². The molecule has 1 unspecified atom stereocenters. The Balaban J connectivity index is 3.12. The van der Waals surface area contributed by atoms with Gasteiger partial charge in [0.1, 0.15) is 5.75 Å². The largest absolute Gasteiger partial charge is 0.478 e. The number of rotatable bonds is 6. The molecule has 1 aromatic carbocycles. The molecule has 0 fully saturated rings. The number of aliphatic carboxylic acids is 1. The highest BCUT2D eigenvalue weighted by Crippen LogP contribution is 2.22. The maximum absolute atomic E-state index is 11.7. The predicted molar refractivity (Wildman–Crippen MR) is 86.1 cm³/mol. The fourth-order valence-corrected chi connectivity index (χ4v) is 3.97. The van der Waals surface area contributed by atoms with Crippen molar-refractivity contribution < 1.29 is 19.4 Å². The SMILES string of the molecule is CCC(C)c1cccc(OC(=O)/C=C\C(=O)O)c1[SiH](C)C. The van der Waals surface area contributed by atoms with Gasteiger partial charge in [-0.1, -0.05) is 39.1 Å². The molecule has 0 aliphatic carbocycles. The number of esters is 1. The maximum atomic E-state index is 11.7. The molecule has 1 atom stereocenters. The van der Waals surface area contributed by atoms with Gasteiger partial charge in [0, 0.05) is 12.2 Å². The summed E-state index contributed by atoms with van der Waals surface area (Å²) in [7, 11) is -1.19. The second kappa shape index (κ2) is 7.78. The molecule has 0 saturated carbocycles. The average molecular weight is 306 g/mol. The third-order valence-corrected chi connectivity index (χ3v) is 5.17. The summed E-state index contributed by atoms with van der Waals surface area (Å²) in [4.78, 5) is 22.1. The molecule has 4 nitrogen and oxygen atoms in total. The third-order valence-electron chi connectivity index (χ3n) is 3.39. The minimum Gasteiger partial charge on any atom is -0.478 e. The van der Waals surface area contributed by atoms with Gasteiger partial charge in [-0.05, 0) is 29.2 Å². The van der Waals surface area contributed by atoms with Gasteiger partial charge in [0.15, 0.2) is 0 Å². The molecule has 0 amide bonds. The number of carboxylic acid groups (broad SMARTS) is 1. The van der Waals surface area contributed by atoms with E-state index in [4.69, 9.17) is 9.84 Å². The van der Waals surface area contributed by atoms with Crippen LogP contribution in [0.25, 0.3) is 0 Å². The summed E-state index contributed by atoms with van der Waals surface area (Å²) in [5.74, 6) is -0.856. The minimum atomic E-state index is -1.19. The van der Waals surface area contributed by atoms with Crippen LogP contribution in [0.2, 0.25) is 13.1 Å². The van der Waals surface area contributed by atoms with E-state index in [2.05, 4.69) is 33.0 Å². The molecule has 114 valence electrons. The molecular formula is C16H22O4Si. The molecule has 0 aliphatic rings. The number of carbonyl (C=O) groups excluding carboxylic acids is 1. The first-order valence-corrected chi connectivity index (χ1v) is 10.0. The molecular weight excluding hydrogens is 284 g/mol. The highest BCUT2D eigenvalue weighted by Gasteiger charge is 2.18. The van der Waals surface area contributed by atoms with Crippen molar-refractivity contribution >= 4 is 25.9 Å². The Bertz CT molecular complexity index is 549. The Labute approximate surface area is 127 Å². The third kappa shape index (κ3) is 4.86. The zero-order chi connectivity index (χ0) is 16.0. The lowest BCUT2D eigenvalue weighted by Crippen LogP contribution is -2.30. The van der Waals surface area contributed by atoms with Gasteiger partial charge in [0.25, 0.3) is 0 Å². The molecule has 0 radical (unpaired) electrons. The molecule has 5 heteroatoms. The lowest BCUT2D eigenvalue weighted by molar-refractivity contribution is -0.133. The van der Waals surface area contributed by atoms with E-state index in [1.165, 1.54) is 5.56 Å². The molecule has 0 aromatic heterocycles. The first kappa shape index (κ1) is 17.2. The fourth-order valence-electron chi connectivity index (χ4n) is 2.20. The summed E-state index contributed by atoms with van der Waals surface area (Å²) in [6.45, 7) is 8.66. The average Bonchev–Trinajstić information content (AvgIpc) is 2.43. The molecule has 1 aromatic rings. The zero-order valence-electron chi connectivity index (χ0n) is 12.9. The molecule has 0 heterocycles. The van der Waals surface area contributed by atoms with Gasteiger partial charge in [0.2, 0.25) is 0 Å². The zero-order valence-corrected chi connectivity index (χ0v) is 14.1. The molecule has 0 aliphatic heterocycles. The van der Waals surface area contributed by atoms with Gasteiger partial charge in [-0.25, -0.2) is 9.59 Å². The summed E-state index contributed by atoms with van der Waals surface area (Å²) in [5, 5.41) is 9.67. The van der Waals surface area contributed by atoms with Crippen molar-refractivity contribution in [3.63, 3.8) is 0 Å². The summed E-state index contributed by atoms with van der Waals surface area (Å²) in [5.41, 5.74) is 1.23. The van der Waals surface area contributed by atoms with Crippen molar-refractivity contribution in [2.75, 3.05) is 0 Å². The summed E-state index contributed by atoms with van der Waals surface area (Å²) < 4.78 is 5.34. The van der Waals surface area contributed by atoms with Crippen molar-refractivity contribution in [2.24, 2.45) is 0 Å². The normalized spacial score (nSPS) is 12.6. The minimum absolute atomic E-state index is 0.406. The van der Waals surface area contributed by atoms with Crippen LogP contribution in [0, 0.1) is 0 Å². The summed E-state index contributed by atoms with van der Waals surface area (Å²) in [6, 6.07) is 5.74. The van der Waals surface area contributed by atoms with E-state index >= 15 is 0 Å². The molecule has 1 N–H and O–H groups in total. The van der Waals surface area contributed by atoms with Crippen LogP contribution in [0.5, 0.6) is 5.75 Å². The van der Waals surface area contributed by atoms with Gasteiger partial charge in [0.05, 0.1) is 8.80 Å². The Morgan fingerprint density at radius 3 is 2.52 bits per heavy atom. The van der Waals surface area contributed by atoms with Crippen molar-refractivity contribution in [1.29, 1.82) is 0 Å². The number of carbonyl (C=O) groups is 2. The first-order chi connectivity index (χ1) is 9.86. The van der Waals surface area contributed by atoms with Crippen LogP contribution in [0.15, 0.2) is 30.4 Å². The van der Waals surface area contributed by atoms with E-state index in [9.17, 15) is 9.59 Å². The first-order valence-electron chi connectivity index (χ1n) is 7.12. The lowest BCUT2D eigenvalue weighted by atomic mass is 9.98. The number of benzene rings is 1. The van der Waals surface area contributed by atoms with Crippen LogP contribution in [0.4, 0.5) is 0 Å². The van der Waals surface area contributed by atoms with Crippen LogP contribution in [0.1, 0.15) is 31.7 Å².